The number of benzene rings is 2. The van der Waals surface area contributed by atoms with E-state index in [9.17, 15) is 14.3 Å². The summed E-state index contributed by atoms with van der Waals surface area (Å²) >= 11 is 0. The van der Waals surface area contributed by atoms with E-state index < -0.39 is 0 Å². The lowest BCUT2D eigenvalue weighted by molar-refractivity contribution is -0.130. The van der Waals surface area contributed by atoms with Gasteiger partial charge >= 0.3 is 0 Å². The van der Waals surface area contributed by atoms with E-state index in [0.29, 0.717) is 6.54 Å². The molecule has 0 radical (unpaired) electrons. The maximum absolute atomic E-state index is 13.6. The van der Waals surface area contributed by atoms with Crippen LogP contribution in [0.4, 0.5) is 10.1 Å². The molecule has 5 heteroatoms. The van der Waals surface area contributed by atoms with Gasteiger partial charge in [0.15, 0.2) is 0 Å². The molecule has 0 bridgehead atoms. The fourth-order valence-electron chi connectivity index (χ4n) is 4.65. The summed E-state index contributed by atoms with van der Waals surface area (Å²) in [4.78, 5) is 16.2. The van der Waals surface area contributed by atoms with Crippen LogP contribution >= 0.6 is 0 Å². The number of carbonyl (C=O) groups is 1. The molecule has 3 atom stereocenters. The number of likely N-dealkylation sites (N-methyl/N-ethyl adjacent to an activating group) is 1. The van der Waals surface area contributed by atoms with Crippen LogP contribution in [0.25, 0.3) is 11.1 Å². The molecule has 1 N–H and O–H groups in total. The summed E-state index contributed by atoms with van der Waals surface area (Å²) in [5, 5.41) is 9.94. The number of rotatable bonds is 2. The van der Waals surface area contributed by atoms with Crippen molar-refractivity contribution in [1.29, 1.82) is 0 Å². The van der Waals surface area contributed by atoms with Crippen molar-refractivity contribution in [1.82, 2.24) is 4.90 Å². The summed E-state index contributed by atoms with van der Waals surface area (Å²) in [6.45, 7) is 2.37. The van der Waals surface area contributed by atoms with E-state index in [0.717, 1.165) is 28.8 Å². The first-order valence-electron chi connectivity index (χ1n) is 9.02. The first kappa shape index (κ1) is 17.0. The fourth-order valence-corrected chi connectivity index (χ4v) is 4.65. The minimum atomic E-state index is -0.262. The van der Waals surface area contributed by atoms with Crippen molar-refractivity contribution in [2.24, 2.45) is 5.92 Å². The molecular formula is C21H23FN2O2. The Morgan fingerprint density at radius 2 is 2.00 bits per heavy atom. The smallest absolute Gasteiger partial charge is 0.219 e. The van der Waals surface area contributed by atoms with Crippen LogP contribution in [0.15, 0.2) is 42.5 Å². The highest BCUT2D eigenvalue weighted by Gasteiger charge is 2.46. The summed E-state index contributed by atoms with van der Waals surface area (Å²) in [6, 6.07) is 12.6. The summed E-state index contributed by atoms with van der Waals surface area (Å²) < 4.78 is 13.6. The predicted octanol–water partition coefficient (Wildman–Crippen LogP) is 3.21. The van der Waals surface area contributed by atoms with E-state index in [1.54, 1.807) is 13.0 Å². The standard InChI is InChI=1S/C21H23FN2O2/c1-13(26)24-9-8-17-20(12-25)23(2)19-7-6-15(11-18(19)21(17)24)14-4-3-5-16(22)10-14/h3-7,10-11,17,20-21,25H,8-9,12H2,1-2H3/t17-,20+,21-/m1/s1. The van der Waals surface area contributed by atoms with Crippen molar-refractivity contribution >= 4 is 11.6 Å². The minimum Gasteiger partial charge on any atom is -0.394 e. The van der Waals surface area contributed by atoms with Gasteiger partial charge in [-0.15, -0.1) is 0 Å². The molecule has 2 aliphatic heterocycles. The van der Waals surface area contributed by atoms with Crippen LogP contribution in [0, 0.1) is 11.7 Å². The van der Waals surface area contributed by atoms with E-state index in [-0.39, 0.29) is 36.3 Å². The van der Waals surface area contributed by atoms with Gasteiger partial charge in [-0.1, -0.05) is 18.2 Å². The number of halogens is 1. The van der Waals surface area contributed by atoms with Crippen molar-refractivity contribution in [2.75, 3.05) is 25.1 Å². The van der Waals surface area contributed by atoms with Gasteiger partial charge in [0, 0.05) is 32.1 Å². The second-order valence-electron chi connectivity index (χ2n) is 7.25. The van der Waals surface area contributed by atoms with Crippen LogP contribution in [0.5, 0.6) is 0 Å². The SMILES string of the molecule is CC(=O)N1CC[C@H]2[C@@H]1c1cc(-c3cccc(F)c3)ccc1N(C)[C@H]2CO. The fraction of sp³-hybridized carbons (Fsp3) is 0.381. The number of aliphatic hydroxyl groups is 1. The molecule has 4 rings (SSSR count). The molecule has 0 spiro atoms. The first-order valence-corrected chi connectivity index (χ1v) is 9.02. The lowest BCUT2D eigenvalue weighted by atomic mass is 9.81. The number of likely N-dealkylation sites (tertiary alicyclic amines) is 1. The Labute approximate surface area is 152 Å². The molecule has 1 amide bonds. The largest absolute Gasteiger partial charge is 0.394 e. The van der Waals surface area contributed by atoms with Crippen LogP contribution in [-0.4, -0.2) is 42.2 Å². The molecule has 2 aromatic rings. The van der Waals surface area contributed by atoms with Gasteiger partial charge in [0.25, 0.3) is 0 Å². The summed E-state index contributed by atoms with van der Waals surface area (Å²) in [5.41, 5.74) is 3.87. The zero-order chi connectivity index (χ0) is 18.4. The van der Waals surface area contributed by atoms with Crippen LogP contribution in [0.1, 0.15) is 24.9 Å². The predicted molar refractivity (Wildman–Crippen MR) is 99.3 cm³/mol. The Bertz CT molecular complexity index is 854. The summed E-state index contributed by atoms with van der Waals surface area (Å²) in [5.74, 6) is -0.00759. The molecule has 0 unspecified atom stereocenters. The topological polar surface area (TPSA) is 43.8 Å². The zero-order valence-electron chi connectivity index (χ0n) is 15.0. The molecule has 2 aliphatic rings. The maximum Gasteiger partial charge on any atom is 0.219 e. The molecule has 4 nitrogen and oxygen atoms in total. The molecular weight excluding hydrogens is 331 g/mol. The normalized spacial score (nSPS) is 24.4. The molecule has 0 aromatic heterocycles. The van der Waals surface area contributed by atoms with Gasteiger partial charge in [-0.05, 0) is 47.4 Å². The Morgan fingerprint density at radius 3 is 2.69 bits per heavy atom. The highest BCUT2D eigenvalue weighted by atomic mass is 19.1. The van der Waals surface area contributed by atoms with Crippen molar-refractivity contribution in [3.63, 3.8) is 0 Å². The van der Waals surface area contributed by atoms with E-state index in [4.69, 9.17) is 0 Å². The van der Waals surface area contributed by atoms with E-state index >= 15 is 0 Å². The number of nitrogens with zero attached hydrogens (tertiary/aromatic N) is 2. The number of hydrogen-bond acceptors (Lipinski definition) is 3. The molecule has 136 valence electrons. The molecule has 1 saturated heterocycles. The number of fused-ring (bicyclic) bond motifs is 3. The van der Waals surface area contributed by atoms with Crippen molar-refractivity contribution < 1.29 is 14.3 Å². The monoisotopic (exact) mass is 354 g/mol. The lowest BCUT2D eigenvalue weighted by Crippen LogP contribution is -2.48. The highest BCUT2D eigenvalue weighted by molar-refractivity contribution is 5.77. The van der Waals surface area contributed by atoms with Gasteiger partial charge in [-0.3, -0.25) is 4.79 Å². The highest BCUT2D eigenvalue weighted by Crippen LogP contribution is 2.49. The maximum atomic E-state index is 13.6. The second kappa shape index (κ2) is 6.40. The molecule has 1 fully saturated rings. The molecule has 0 saturated carbocycles. The second-order valence-corrected chi connectivity index (χ2v) is 7.25. The van der Waals surface area contributed by atoms with Gasteiger partial charge in [0.2, 0.25) is 5.91 Å². The molecule has 2 aromatic carbocycles. The summed E-state index contributed by atoms with van der Waals surface area (Å²) in [7, 11) is 1.99. The Morgan fingerprint density at radius 1 is 1.23 bits per heavy atom. The molecule has 0 aliphatic carbocycles. The van der Waals surface area contributed by atoms with Gasteiger partial charge in [-0.25, -0.2) is 4.39 Å². The average molecular weight is 354 g/mol. The van der Waals surface area contributed by atoms with Crippen LogP contribution < -0.4 is 4.90 Å². The third-order valence-electron chi connectivity index (χ3n) is 5.91. The van der Waals surface area contributed by atoms with Crippen LogP contribution in [-0.2, 0) is 4.79 Å². The van der Waals surface area contributed by atoms with Crippen molar-refractivity contribution in [2.45, 2.75) is 25.4 Å². The number of aliphatic hydroxyl groups excluding tert-OH is 1. The minimum absolute atomic E-state index is 0.00290. The quantitative estimate of drug-likeness (QED) is 0.901. The van der Waals surface area contributed by atoms with Crippen molar-refractivity contribution in [3.8, 4) is 11.1 Å². The third kappa shape index (κ3) is 2.58. The third-order valence-corrected chi connectivity index (χ3v) is 5.91. The van der Waals surface area contributed by atoms with E-state index in [1.807, 2.05) is 30.1 Å². The Hall–Kier alpha value is -2.40. The van der Waals surface area contributed by atoms with E-state index in [2.05, 4.69) is 11.0 Å². The first-order chi connectivity index (χ1) is 12.5. The van der Waals surface area contributed by atoms with Crippen molar-refractivity contribution in [3.05, 3.63) is 53.8 Å². The van der Waals surface area contributed by atoms with Gasteiger partial charge in [-0.2, -0.15) is 0 Å². The number of anilines is 1. The van der Waals surface area contributed by atoms with Gasteiger partial charge in [0.1, 0.15) is 5.82 Å². The molecule has 26 heavy (non-hydrogen) atoms. The van der Waals surface area contributed by atoms with Crippen LogP contribution in [0.3, 0.4) is 0 Å². The zero-order valence-corrected chi connectivity index (χ0v) is 15.0. The van der Waals surface area contributed by atoms with E-state index in [1.165, 1.54) is 12.1 Å². The van der Waals surface area contributed by atoms with Gasteiger partial charge < -0.3 is 14.9 Å². The Balaban J connectivity index is 1.85. The van der Waals surface area contributed by atoms with Crippen LogP contribution in [0.2, 0.25) is 0 Å². The Kier molecular flexibility index (Phi) is 4.19. The summed E-state index contributed by atoms with van der Waals surface area (Å²) in [6.07, 6.45) is 0.878. The number of amides is 1. The molecule has 2 heterocycles. The van der Waals surface area contributed by atoms with Gasteiger partial charge in [0.05, 0.1) is 18.7 Å². The average Bonchev–Trinajstić information content (AvgIpc) is 3.07. The number of hydrogen-bond donors (Lipinski definition) is 1. The number of carbonyl (C=O) groups excluding carboxylic acids is 1. The lowest BCUT2D eigenvalue weighted by Gasteiger charge is -2.44.